The first-order valence-electron chi connectivity index (χ1n) is 5.11. The summed E-state index contributed by atoms with van der Waals surface area (Å²) >= 11 is 0. The average Bonchev–Trinajstić information content (AvgIpc) is 2.65. The minimum Gasteiger partial charge on any atom is -0.496 e. The first kappa shape index (κ1) is 10.1. The maximum Gasteiger partial charge on any atom is 0.122 e. The molecule has 0 aliphatic heterocycles. The Balaban J connectivity index is 2.58. The molecule has 0 saturated heterocycles. The van der Waals surface area contributed by atoms with E-state index < -0.39 is 0 Å². The Hall–Kier alpha value is -1.48. The molecular formula is C12H16N2O. The summed E-state index contributed by atoms with van der Waals surface area (Å²) in [5.74, 6) is 0.916. The number of benzene rings is 1. The predicted octanol–water partition coefficient (Wildman–Crippen LogP) is 2.07. The molecule has 1 atom stereocenters. The van der Waals surface area contributed by atoms with Crippen molar-refractivity contribution in [3.63, 3.8) is 0 Å². The molecule has 2 rings (SSSR count). The van der Waals surface area contributed by atoms with Crippen molar-refractivity contribution in [2.24, 2.45) is 5.73 Å². The monoisotopic (exact) mass is 204 g/mol. The lowest BCUT2D eigenvalue weighted by Gasteiger charge is -2.11. The largest absolute Gasteiger partial charge is 0.496 e. The van der Waals surface area contributed by atoms with Crippen LogP contribution in [0.4, 0.5) is 0 Å². The topological polar surface area (TPSA) is 51.0 Å². The van der Waals surface area contributed by atoms with Gasteiger partial charge in [-0.1, -0.05) is 0 Å². The minimum atomic E-state index is 0.138. The summed E-state index contributed by atoms with van der Waals surface area (Å²) < 4.78 is 5.35. The number of rotatable bonds is 3. The van der Waals surface area contributed by atoms with E-state index in [-0.39, 0.29) is 6.04 Å². The molecule has 0 aliphatic rings. The smallest absolute Gasteiger partial charge is 0.122 e. The lowest BCUT2D eigenvalue weighted by atomic mass is 10.0. The highest BCUT2D eigenvalue weighted by Gasteiger charge is 2.10. The molecule has 0 amide bonds. The minimum absolute atomic E-state index is 0.138. The number of H-pyrrole nitrogens is 1. The molecule has 15 heavy (non-hydrogen) atoms. The molecule has 0 spiro atoms. The zero-order valence-electron chi connectivity index (χ0n) is 9.08. The van der Waals surface area contributed by atoms with Crippen molar-refractivity contribution in [2.45, 2.75) is 19.4 Å². The summed E-state index contributed by atoms with van der Waals surface area (Å²) in [6.45, 7) is 2.00. The van der Waals surface area contributed by atoms with Gasteiger partial charge in [-0.2, -0.15) is 0 Å². The Morgan fingerprint density at radius 1 is 1.40 bits per heavy atom. The third kappa shape index (κ3) is 1.83. The fourth-order valence-corrected chi connectivity index (χ4v) is 1.90. The quantitative estimate of drug-likeness (QED) is 0.804. The highest BCUT2D eigenvalue weighted by Crippen LogP contribution is 2.28. The van der Waals surface area contributed by atoms with Gasteiger partial charge in [0.2, 0.25) is 0 Å². The van der Waals surface area contributed by atoms with Crippen molar-refractivity contribution >= 4 is 10.9 Å². The van der Waals surface area contributed by atoms with E-state index in [2.05, 4.69) is 11.1 Å². The molecule has 0 radical (unpaired) electrons. The summed E-state index contributed by atoms with van der Waals surface area (Å²) in [5, 5.41) is 1.20. The van der Waals surface area contributed by atoms with Gasteiger partial charge in [0.15, 0.2) is 0 Å². The number of ether oxygens (including phenoxy) is 1. The lowest BCUT2D eigenvalue weighted by molar-refractivity contribution is 0.409. The van der Waals surface area contributed by atoms with Gasteiger partial charge in [-0.25, -0.2) is 0 Å². The third-order valence-electron chi connectivity index (χ3n) is 2.55. The molecule has 0 aliphatic carbocycles. The van der Waals surface area contributed by atoms with Crippen molar-refractivity contribution in [3.05, 3.63) is 30.0 Å². The fourth-order valence-electron chi connectivity index (χ4n) is 1.90. The van der Waals surface area contributed by atoms with E-state index in [1.54, 1.807) is 7.11 Å². The number of hydrogen-bond acceptors (Lipinski definition) is 2. The predicted molar refractivity (Wildman–Crippen MR) is 62.2 cm³/mol. The Morgan fingerprint density at radius 3 is 2.87 bits per heavy atom. The van der Waals surface area contributed by atoms with Crippen LogP contribution in [-0.4, -0.2) is 18.1 Å². The second kappa shape index (κ2) is 3.95. The van der Waals surface area contributed by atoms with Crippen molar-refractivity contribution < 1.29 is 4.74 Å². The van der Waals surface area contributed by atoms with Crippen molar-refractivity contribution in [1.82, 2.24) is 4.98 Å². The van der Waals surface area contributed by atoms with Crippen molar-refractivity contribution in [3.8, 4) is 5.75 Å². The molecule has 0 bridgehead atoms. The van der Waals surface area contributed by atoms with Crippen LogP contribution in [0.1, 0.15) is 12.5 Å². The van der Waals surface area contributed by atoms with E-state index in [0.29, 0.717) is 0 Å². The van der Waals surface area contributed by atoms with E-state index in [1.165, 1.54) is 10.9 Å². The van der Waals surface area contributed by atoms with Crippen LogP contribution in [0.2, 0.25) is 0 Å². The molecule has 2 aromatic rings. The molecule has 0 fully saturated rings. The maximum absolute atomic E-state index is 5.84. The van der Waals surface area contributed by atoms with Crippen LogP contribution in [0.15, 0.2) is 24.4 Å². The molecule has 3 N–H and O–H groups in total. The molecule has 1 unspecified atom stereocenters. The zero-order valence-corrected chi connectivity index (χ0v) is 9.08. The molecule has 1 aromatic heterocycles. The molecule has 1 aromatic carbocycles. The number of aromatic amines is 1. The van der Waals surface area contributed by atoms with Gasteiger partial charge in [0.05, 0.1) is 7.11 Å². The number of aromatic nitrogens is 1. The van der Waals surface area contributed by atoms with Crippen LogP contribution < -0.4 is 10.5 Å². The van der Waals surface area contributed by atoms with E-state index in [1.807, 2.05) is 25.3 Å². The van der Waals surface area contributed by atoms with Gasteiger partial charge in [0.25, 0.3) is 0 Å². The number of methoxy groups -OCH3 is 1. The van der Waals surface area contributed by atoms with Crippen LogP contribution in [0.5, 0.6) is 5.75 Å². The Morgan fingerprint density at radius 2 is 2.20 bits per heavy atom. The van der Waals surface area contributed by atoms with Crippen LogP contribution in [0.3, 0.4) is 0 Å². The van der Waals surface area contributed by atoms with Gasteiger partial charge < -0.3 is 15.5 Å². The maximum atomic E-state index is 5.84. The van der Waals surface area contributed by atoms with E-state index >= 15 is 0 Å². The van der Waals surface area contributed by atoms with E-state index in [0.717, 1.165) is 17.7 Å². The first-order chi connectivity index (χ1) is 7.22. The molecule has 0 saturated carbocycles. The second-order valence-corrected chi connectivity index (χ2v) is 3.87. The van der Waals surface area contributed by atoms with Crippen LogP contribution >= 0.6 is 0 Å². The Kier molecular flexibility index (Phi) is 2.64. The number of nitrogens with one attached hydrogen (secondary N) is 1. The van der Waals surface area contributed by atoms with Crippen LogP contribution in [0.25, 0.3) is 10.9 Å². The summed E-state index contributed by atoms with van der Waals surface area (Å²) in [6.07, 6.45) is 2.77. The van der Waals surface area contributed by atoms with Gasteiger partial charge in [-0.15, -0.1) is 0 Å². The Labute approximate surface area is 89.2 Å². The number of fused-ring (bicyclic) bond motifs is 1. The number of hydrogen-bond donors (Lipinski definition) is 2. The summed E-state index contributed by atoms with van der Waals surface area (Å²) in [7, 11) is 1.69. The van der Waals surface area contributed by atoms with Gasteiger partial charge in [0, 0.05) is 28.7 Å². The second-order valence-electron chi connectivity index (χ2n) is 3.87. The molecule has 3 nitrogen and oxygen atoms in total. The summed E-state index contributed by atoms with van der Waals surface area (Å²) in [5.41, 5.74) is 8.16. The van der Waals surface area contributed by atoms with Crippen molar-refractivity contribution in [2.75, 3.05) is 7.11 Å². The molecule has 1 heterocycles. The van der Waals surface area contributed by atoms with Crippen LogP contribution in [-0.2, 0) is 6.42 Å². The van der Waals surface area contributed by atoms with Gasteiger partial charge in [-0.3, -0.25) is 0 Å². The molecule has 3 heteroatoms. The fraction of sp³-hybridized carbons (Fsp3) is 0.333. The zero-order chi connectivity index (χ0) is 10.8. The summed E-state index contributed by atoms with van der Waals surface area (Å²) in [6, 6.07) is 6.21. The highest BCUT2D eigenvalue weighted by molar-refractivity contribution is 5.85. The average molecular weight is 204 g/mol. The molecule has 80 valence electrons. The van der Waals surface area contributed by atoms with Crippen molar-refractivity contribution in [1.29, 1.82) is 0 Å². The molecular weight excluding hydrogens is 188 g/mol. The standard InChI is InChI=1S/C12H16N2O/c1-8(13)7-10-9-5-6-14-11(9)3-4-12(10)15-2/h3-6,8,14H,7,13H2,1-2H3. The first-order valence-corrected chi connectivity index (χ1v) is 5.11. The summed E-state index contributed by atoms with van der Waals surface area (Å²) in [4.78, 5) is 3.19. The number of nitrogens with two attached hydrogens (primary N) is 1. The SMILES string of the molecule is COc1ccc2[nH]ccc2c1CC(C)N. The lowest BCUT2D eigenvalue weighted by Crippen LogP contribution is -2.18. The van der Waals surface area contributed by atoms with E-state index in [9.17, 15) is 0 Å². The van der Waals surface area contributed by atoms with E-state index in [4.69, 9.17) is 10.5 Å². The van der Waals surface area contributed by atoms with Gasteiger partial charge in [-0.05, 0) is 31.5 Å². The van der Waals surface area contributed by atoms with Gasteiger partial charge >= 0.3 is 0 Å². The normalized spacial score (nSPS) is 13.0. The highest BCUT2D eigenvalue weighted by atomic mass is 16.5. The van der Waals surface area contributed by atoms with Gasteiger partial charge in [0.1, 0.15) is 5.75 Å². The Bertz CT molecular complexity index is 460. The van der Waals surface area contributed by atoms with Crippen LogP contribution in [0, 0.1) is 0 Å². The third-order valence-corrected chi connectivity index (χ3v) is 2.55.